The summed E-state index contributed by atoms with van der Waals surface area (Å²) in [7, 11) is 0. The van der Waals surface area contributed by atoms with Crippen LogP contribution in [0.3, 0.4) is 0 Å². The molecule has 0 fully saturated rings. The minimum absolute atomic E-state index is 0.147. The second kappa shape index (κ2) is 6.22. The van der Waals surface area contributed by atoms with Crippen LogP contribution in [0.4, 0.5) is 0 Å². The predicted octanol–water partition coefficient (Wildman–Crippen LogP) is 1.50. The van der Waals surface area contributed by atoms with Gasteiger partial charge in [0.1, 0.15) is 0 Å². The van der Waals surface area contributed by atoms with Crippen LogP contribution in [0.5, 0.6) is 0 Å². The van der Waals surface area contributed by atoms with Crippen molar-refractivity contribution in [2.75, 3.05) is 6.54 Å². The van der Waals surface area contributed by atoms with Crippen molar-refractivity contribution in [3.8, 4) is 0 Å². The first kappa shape index (κ1) is 11.8. The number of nitrogens with zero attached hydrogens (tertiary/aromatic N) is 2. The summed E-state index contributed by atoms with van der Waals surface area (Å²) in [5.41, 5.74) is 1.03. The summed E-state index contributed by atoms with van der Waals surface area (Å²) in [6, 6.07) is 1.98. The van der Waals surface area contributed by atoms with E-state index in [1.807, 2.05) is 30.8 Å². The summed E-state index contributed by atoms with van der Waals surface area (Å²) in [5.74, 6) is 0.147. The van der Waals surface area contributed by atoms with Crippen LogP contribution in [0.2, 0.25) is 0 Å². The van der Waals surface area contributed by atoms with Gasteiger partial charge in [-0.05, 0) is 25.8 Å². The Morgan fingerprint density at radius 1 is 1.60 bits per heavy atom. The van der Waals surface area contributed by atoms with Gasteiger partial charge in [0.05, 0.1) is 5.69 Å². The number of hydrogen-bond donors (Lipinski definition) is 1. The fraction of sp³-hybridized carbons (Fsp3) is 0.636. The third kappa shape index (κ3) is 4.63. The van der Waals surface area contributed by atoms with Crippen molar-refractivity contribution in [3.05, 3.63) is 18.0 Å². The number of amides is 1. The van der Waals surface area contributed by atoms with Gasteiger partial charge in [0, 0.05) is 25.7 Å². The highest BCUT2D eigenvalue weighted by molar-refractivity contribution is 5.75. The first-order chi connectivity index (χ1) is 7.22. The van der Waals surface area contributed by atoms with Crippen molar-refractivity contribution in [2.24, 2.45) is 0 Å². The van der Waals surface area contributed by atoms with Crippen molar-refractivity contribution >= 4 is 5.91 Å². The topological polar surface area (TPSA) is 46.9 Å². The third-order valence-corrected chi connectivity index (χ3v) is 2.14. The smallest absolute Gasteiger partial charge is 0.219 e. The van der Waals surface area contributed by atoms with E-state index in [0.717, 1.165) is 31.6 Å². The van der Waals surface area contributed by atoms with Crippen LogP contribution in [-0.2, 0) is 11.3 Å². The third-order valence-electron chi connectivity index (χ3n) is 2.14. The first-order valence-electron chi connectivity index (χ1n) is 5.49. The summed E-state index contributed by atoms with van der Waals surface area (Å²) in [6.45, 7) is 5.57. The molecular weight excluding hydrogens is 190 g/mol. The quantitative estimate of drug-likeness (QED) is 0.722. The van der Waals surface area contributed by atoms with Crippen molar-refractivity contribution < 1.29 is 4.79 Å². The van der Waals surface area contributed by atoms with Gasteiger partial charge in [-0.25, -0.2) is 0 Å². The minimum atomic E-state index is 0.147. The summed E-state index contributed by atoms with van der Waals surface area (Å²) in [6.07, 6.45) is 4.42. The zero-order chi connectivity index (χ0) is 11.1. The van der Waals surface area contributed by atoms with E-state index >= 15 is 0 Å². The molecule has 0 bridgehead atoms. The molecule has 0 aliphatic heterocycles. The Hall–Kier alpha value is -1.32. The Labute approximate surface area is 90.7 Å². The monoisotopic (exact) mass is 209 g/mol. The van der Waals surface area contributed by atoms with Gasteiger partial charge >= 0.3 is 0 Å². The maximum absolute atomic E-state index is 11.1. The number of aromatic nitrogens is 2. The molecule has 84 valence electrons. The Morgan fingerprint density at radius 3 is 3.00 bits per heavy atom. The first-order valence-corrected chi connectivity index (χ1v) is 5.49. The van der Waals surface area contributed by atoms with E-state index in [1.54, 1.807) is 0 Å². The van der Waals surface area contributed by atoms with Crippen LogP contribution in [0, 0.1) is 6.92 Å². The normalized spacial score (nSPS) is 10.3. The fourth-order valence-electron chi connectivity index (χ4n) is 1.37. The maximum Gasteiger partial charge on any atom is 0.219 e. The zero-order valence-corrected chi connectivity index (χ0v) is 9.49. The van der Waals surface area contributed by atoms with Gasteiger partial charge in [0.15, 0.2) is 0 Å². The number of carbonyl (C=O) groups excluding carboxylic acids is 1. The van der Waals surface area contributed by atoms with Crippen LogP contribution in [0.25, 0.3) is 0 Å². The van der Waals surface area contributed by atoms with Crippen LogP contribution in [-0.4, -0.2) is 22.2 Å². The van der Waals surface area contributed by atoms with Gasteiger partial charge < -0.3 is 5.32 Å². The molecule has 0 saturated heterocycles. The van der Waals surface area contributed by atoms with Gasteiger partial charge in [-0.15, -0.1) is 0 Å². The number of hydrogen-bond acceptors (Lipinski definition) is 2. The van der Waals surface area contributed by atoms with Crippen LogP contribution >= 0.6 is 0 Å². The van der Waals surface area contributed by atoms with Gasteiger partial charge in [0.2, 0.25) is 5.91 Å². The van der Waals surface area contributed by atoms with Crippen LogP contribution < -0.4 is 5.32 Å². The van der Waals surface area contributed by atoms with Crippen molar-refractivity contribution in [1.82, 2.24) is 15.1 Å². The molecule has 0 spiro atoms. The summed E-state index contributed by atoms with van der Waals surface area (Å²) >= 11 is 0. The summed E-state index contributed by atoms with van der Waals surface area (Å²) in [4.78, 5) is 11.1. The van der Waals surface area contributed by atoms with E-state index in [1.165, 1.54) is 0 Å². The molecule has 1 N–H and O–H groups in total. The lowest BCUT2D eigenvalue weighted by Gasteiger charge is -2.04. The molecule has 1 aromatic heterocycles. The molecule has 1 aromatic rings. The van der Waals surface area contributed by atoms with E-state index in [4.69, 9.17) is 0 Å². The Morgan fingerprint density at radius 2 is 2.40 bits per heavy atom. The molecule has 0 unspecified atom stereocenters. The Kier molecular flexibility index (Phi) is 4.87. The van der Waals surface area contributed by atoms with E-state index in [-0.39, 0.29) is 5.91 Å². The maximum atomic E-state index is 11.1. The summed E-state index contributed by atoms with van der Waals surface area (Å²) in [5, 5.41) is 7.15. The number of carbonyl (C=O) groups is 1. The standard InChI is InChI=1S/C11H19N3O/c1-3-5-11(15)12-7-4-8-14-9-6-10(2)13-14/h6,9H,3-5,7-8H2,1-2H3,(H,12,15). The lowest BCUT2D eigenvalue weighted by atomic mass is 10.3. The molecule has 4 heteroatoms. The number of rotatable bonds is 6. The fourth-order valence-corrected chi connectivity index (χ4v) is 1.37. The molecule has 0 radical (unpaired) electrons. The lowest BCUT2D eigenvalue weighted by molar-refractivity contribution is -0.121. The van der Waals surface area contributed by atoms with Gasteiger partial charge in [-0.2, -0.15) is 5.10 Å². The van der Waals surface area contributed by atoms with Gasteiger partial charge in [-0.3, -0.25) is 9.48 Å². The molecular formula is C11H19N3O. The van der Waals surface area contributed by atoms with E-state index < -0.39 is 0 Å². The van der Waals surface area contributed by atoms with E-state index in [2.05, 4.69) is 10.4 Å². The number of nitrogens with one attached hydrogen (secondary N) is 1. The van der Waals surface area contributed by atoms with E-state index in [9.17, 15) is 4.79 Å². The average molecular weight is 209 g/mol. The molecule has 1 rings (SSSR count). The second-order valence-corrected chi connectivity index (χ2v) is 3.67. The van der Waals surface area contributed by atoms with Crippen molar-refractivity contribution in [2.45, 2.75) is 39.7 Å². The van der Waals surface area contributed by atoms with Gasteiger partial charge in [-0.1, -0.05) is 6.92 Å². The minimum Gasteiger partial charge on any atom is -0.356 e. The van der Waals surface area contributed by atoms with Crippen LogP contribution in [0.15, 0.2) is 12.3 Å². The highest BCUT2D eigenvalue weighted by Gasteiger charge is 1.98. The lowest BCUT2D eigenvalue weighted by Crippen LogP contribution is -2.24. The SMILES string of the molecule is CCCC(=O)NCCCn1ccc(C)n1. The molecule has 0 aliphatic carbocycles. The average Bonchev–Trinajstić information content (AvgIpc) is 2.60. The zero-order valence-electron chi connectivity index (χ0n) is 9.49. The number of aryl methyl sites for hydroxylation is 2. The molecule has 1 amide bonds. The molecule has 0 aliphatic rings. The Bertz CT molecular complexity index is 307. The van der Waals surface area contributed by atoms with Crippen molar-refractivity contribution in [1.29, 1.82) is 0 Å². The highest BCUT2D eigenvalue weighted by atomic mass is 16.1. The van der Waals surface area contributed by atoms with Gasteiger partial charge in [0.25, 0.3) is 0 Å². The second-order valence-electron chi connectivity index (χ2n) is 3.67. The predicted molar refractivity (Wildman–Crippen MR) is 59.5 cm³/mol. The van der Waals surface area contributed by atoms with E-state index in [0.29, 0.717) is 6.42 Å². The van der Waals surface area contributed by atoms with Crippen molar-refractivity contribution in [3.63, 3.8) is 0 Å². The molecule has 15 heavy (non-hydrogen) atoms. The summed E-state index contributed by atoms with van der Waals surface area (Å²) < 4.78 is 1.90. The molecule has 4 nitrogen and oxygen atoms in total. The van der Waals surface area contributed by atoms with Crippen LogP contribution in [0.1, 0.15) is 31.9 Å². The molecule has 0 atom stereocenters. The molecule has 0 aromatic carbocycles. The molecule has 1 heterocycles. The largest absolute Gasteiger partial charge is 0.356 e. The Balaban J connectivity index is 2.09. The molecule has 0 saturated carbocycles. The highest BCUT2D eigenvalue weighted by Crippen LogP contribution is 1.94.